The van der Waals surface area contributed by atoms with E-state index < -0.39 is 0 Å². The van der Waals surface area contributed by atoms with Crippen molar-refractivity contribution in [2.45, 2.75) is 24.6 Å². The van der Waals surface area contributed by atoms with Gasteiger partial charge in [-0.1, -0.05) is 64.8 Å². The molecule has 2 aromatic rings. The third-order valence-electron chi connectivity index (χ3n) is 2.54. The Bertz CT molecular complexity index is 572. The van der Waals surface area contributed by atoms with Crippen molar-refractivity contribution in [1.82, 2.24) is 9.55 Å². The maximum atomic E-state index is 6.07. The summed E-state index contributed by atoms with van der Waals surface area (Å²) in [6, 6.07) is 8.37. The molecule has 0 N–H and O–H groups in total. The summed E-state index contributed by atoms with van der Waals surface area (Å²) in [7, 11) is 1.61. The van der Waals surface area contributed by atoms with E-state index >= 15 is 0 Å². The van der Waals surface area contributed by atoms with Crippen molar-refractivity contribution in [3.8, 4) is 0 Å². The fraction of sp³-hybridized carbons (Fsp3) is 0.308. The Morgan fingerprint density at radius 1 is 1.37 bits per heavy atom. The second-order valence-corrected chi connectivity index (χ2v) is 5.76. The van der Waals surface area contributed by atoms with E-state index in [0.717, 1.165) is 10.9 Å². The molecule has 0 unspecified atom stereocenters. The van der Waals surface area contributed by atoms with Crippen LogP contribution >= 0.6 is 35.0 Å². The van der Waals surface area contributed by atoms with Crippen LogP contribution < -0.4 is 0 Å². The SMILES string of the molecule is COCn1c(SCc2cccc(C)c2)nc(Cl)c1Cl. The predicted octanol–water partition coefficient (Wildman–Crippen LogP) is 4.39. The fourth-order valence-electron chi connectivity index (χ4n) is 1.69. The molecule has 0 aliphatic carbocycles. The molecule has 0 fully saturated rings. The van der Waals surface area contributed by atoms with Gasteiger partial charge in [0.2, 0.25) is 0 Å². The average molecular weight is 317 g/mol. The number of hydrogen-bond acceptors (Lipinski definition) is 3. The van der Waals surface area contributed by atoms with E-state index in [1.165, 1.54) is 11.1 Å². The molecule has 19 heavy (non-hydrogen) atoms. The maximum absolute atomic E-state index is 6.07. The summed E-state index contributed by atoms with van der Waals surface area (Å²) in [5, 5.41) is 1.49. The Labute approximate surface area is 126 Å². The van der Waals surface area contributed by atoms with E-state index in [4.69, 9.17) is 27.9 Å². The van der Waals surface area contributed by atoms with E-state index in [9.17, 15) is 0 Å². The number of methoxy groups -OCH3 is 1. The Balaban J connectivity index is 2.13. The first-order valence-electron chi connectivity index (χ1n) is 5.70. The molecule has 0 amide bonds. The van der Waals surface area contributed by atoms with E-state index in [-0.39, 0.29) is 0 Å². The van der Waals surface area contributed by atoms with Crippen LogP contribution in [0.5, 0.6) is 0 Å². The molecular formula is C13H14Cl2N2OS. The molecule has 0 saturated heterocycles. The van der Waals surface area contributed by atoms with Gasteiger partial charge in [0.1, 0.15) is 6.73 Å². The molecule has 1 aromatic carbocycles. The van der Waals surface area contributed by atoms with Gasteiger partial charge < -0.3 is 4.74 Å². The van der Waals surface area contributed by atoms with Crippen LogP contribution in [0.4, 0.5) is 0 Å². The van der Waals surface area contributed by atoms with Crippen LogP contribution in [-0.2, 0) is 17.2 Å². The van der Waals surface area contributed by atoms with Crippen molar-refractivity contribution in [2.24, 2.45) is 0 Å². The molecule has 0 aliphatic rings. The van der Waals surface area contributed by atoms with E-state index in [1.807, 2.05) is 6.07 Å². The summed E-state index contributed by atoms with van der Waals surface area (Å²) in [6.07, 6.45) is 0. The summed E-state index contributed by atoms with van der Waals surface area (Å²) < 4.78 is 6.85. The monoisotopic (exact) mass is 316 g/mol. The molecule has 102 valence electrons. The van der Waals surface area contributed by atoms with Crippen LogP contribution in [0.3, 0.4) is 0 Å². The van der Waals surface area contributed by atoms with Gasteiger partial charge in [-0.3, -0.25) is 4.57 Å². The molecule has 0 saturated carbocycles. The number of benzene rings is 1. The van der Waals surface area contributed by atoms with Gasteiger partial charge in [-0.15, -0.1) is 0 Å². The van der Waals surface area contributed by atoms with Gasteiger partial charge in [-0.05, 0) is 12.5 Å². The van der Waals surface area contributed by atoms with Crippen molar-refractivity contribution in [1.29, 1.82) is 0 Å². The Hall–Kier alpha value is -0.680. The zero-order valence-electron chi connectivity index (χ0n) is 10.7. The van der Waals surface area contributed by atoms with E-state index in [1.54, 1.807) is 23.4 Å². The molecule has 2 rings (SSSR count). The van der Waals surface area contributed by atoms with Crippen LogP contribution in [0, 0.1) is 6.92 Å². The number of aromatic nitrogens is 2. The number of nitrogens with zero attached hydrogens (tertiary/aromatic N) is 2. The van der Waals surface area contributed by atoms with Crippen LogP contribution in [-0.4, -0.2) is 16.7 Å². The minimum Gasteiger partial charge on any atom is -0.364 e. The van der Waals surface area contributed by atoms with Gasteiger partial charge in [-0.25, -0.2) is 4.98 Å². The maximum Gasteiger partial charge on any atom is 0.172 e. The highest BCUT2D eigenvalue weighted by molar-refractivity contribution is 7.98. The summed E-state index contributed by atoms with van der Waals surface area (Å²) >= 11 is 13.6. The van der Waals surface area contributed by atoms with Crippen molar-refractivity contribution in [3.63, 3.8) is 0 Å². The first kappa shape index (κ1) is 14.7. The molecule has 0 radical (unpaired) electrons. The molecule has 1 heterocycles. The van der Waals surface area contributed by atoms with Crippen molar-refractivity contribution < 1.29 is 4.74 Å². The van der Waals surface area contributed by atoms with Gasteiger partial charge in [-0.2, -0.15) is 0 Å². The largest absolute Gasteiger partial charge is 0.364 e. The van der Waals surface area contributed by atoms with Gasteiger partial charge in [0.25, 0.3) is 0 Å². The Morgan fingerprint density at radius 3 is 2.84 bits per heavy atom. The zero-order valence-corrected chi connectivity index (χ0v) is 13.0. The molecule has 0 aliphatic heterocycles. The first-order valence-corrected chi connectivity index (χ1v) is 7.44. The number of halogens is 2. The van der Waals surface area contributed by atoms with Crippen LogP contribution in [0.15, 0.2) is 29.4 Å². The lowest BCUT2D eigenvalue weighted by atomic mass is 10.2. The number of rotatable bonds is 5. The van der Waals surface area contributed by atoms with Crippen LogP contribution in [0.1, 0.15) is 11.1 Å². The third-order valence-corrected chi connectivity index (χ3v) is 4.33. The fourth-order valence-corrected chi connectivity index (χ4v) is 3.07. The molecule has 1 aromatic heterocycles. The van der Waals surface area contributed by atoms with Crippen molar-refractivity contribution in [2.75, 3.05) is 7.11 Å². The van der Waals surface area contributed by atoms with Crippen LogP contribution in [0.25, 0.3) is 0 Å². The summed E-state index contributed by atoms with van der Waals surface area (Å²) in [4.78, 5) is 4.25. The highest BCUT2D eigenvalue weighted by atomic mass is 35.5. The smallest absolute Gasteiger partial charge is 0.172 e. The number of thioether (sulfide) groups is 1. The lowest BCUT2D eigenvalue weighted by molar-refractivity contribution is 0.124. The topological polar surface area (TPSA) is 27.1 Å². The molecule has 6 heteroatoms. The first-order chi connectivity index (χ1) is 9.11. The number of hydrogen-bond donors (Lipinski definition) is 0. The molecule has 3 nitrogen and oxygen atoms in total. The lowest BCUT2D eigenvalue weighted by Crippen LogP contribution is -2.01. The summed E-state index contributed by atoms with van der Waals surface area (Å²) in [5.41, 5.74) is 2.48. The number of imidazole rings is 1. The van der Waals surface area contributed by atoms with E-state index in [2.05, 4.69) is 30.1 Å². The predicted molar refractivity (Wildman–Crippen MR) is 80.0 cm³/mol. The summed E-state index contributed by atoms with van der Waals surface area (Å²) in [5.74, 6) is 0.815. The van der Waals surface area contributed by atoms with Gasteiger partial charge in [0, 0.05) is 12.9 Å². The third kappa shape index (κ3) is 3.66. The zero-order chi connectivity index (χ0) is 13.8. The minimum atomic E-state index is 0.311. The van der Waals surface area contributed by atoms with Crippen molar-refractivity contribution in [3.05, 3.63) is 45.7 Å². The number of ether oxygens (including phenoxy) is 1. The number of aryl methyl sites for hydroxylation is 1. The summed E-state index contributed by atoms with van der Waals surface area (Å²) in [6.45, 7) is 2.42. The molecule has 0 spiro atoms. The quantitative estimate of drug-likeness (QED) is 0.765. The van der Waals surface area contributed by atoms with Gasteiger partial charge in [0.15, 0.2) is 15.5 Å². The lowest BCUT2D eigenvalue weighted by Gasteiger charge is -2.07. The minimum absolute atomic E-state index is 0.311. The Kier molecular flexibility index (Phi) is 5.16. The van der Waals surface area contributed by atoms with Crippen molar-refractivity contribution >= 4 is 35.0 Å². The van der Waals surface area contributed by atoms with Gasteiger partial charge >= 0.3 is 0 Å². The molecule has 0 atom stereocenters. The highest BCUT2D eigenvalue weighted by Gasteiger charge is 2.14. The van der Waals surface area contributed by atoms with Crippen LogP contribution in [0.2, 0.25) is 10.3 Å². The molecular weight excluding hydrogens is 303 g/mol. The molecule has 0 bridgehead atoms. The highest BCUT2D eigenvalue weighted by Crippen LogP contribution is 2.30. The Morgan fingerprint density at radius 2 is 2.16 bits per heavy atom. The van der Waals surface area contributed by atoms with E-state index in [0.29, 0.717) is 17.0 Å². The van der Waals surface area contributed by atoms with Gasteiger partial charge in [0.05, 0.1) is 0 Å². The second-order valence-electron chi connectivity index (χ2n) is 4.10. The normalized spacial score (nSPS) is 10.9. The average Bonchev–Trinajstić information content (AvgIpc) is 2.65. The standard InChI is InChI=1S/C13H14Cl2N2OS/c1-9-4-3-5-10(6-9)7-19-13-16-11(14)12(15)17(13)8-18-2/h3-6H,7-8H2,1-2H3. The second kappa shape index (κ2) is 6.66.